The summed E-state index contributed by atoms with van der Waals surface area (Å²) < 4.78 is 4.84. The minimum absolute atomic E-state index is 0.847. The SMILES string of the molecule is CC#COC(C)=CC. The molecule has 8 heavy (non-hydrogen) atoms. The molecule has 0 amide bonds. The molecule has 0 saturated heterocycles. The van der Waals surface area contributed by atoms with Crippen molar-refractivity contribution in [2.45, 2.75) is 20.8 Å². The first-order valence-electron chi connectivity index (χ1n) is 2.52. The molecule has 0 rings (SSSR count). The summed E-state index contributed by atoms with van der Waals surface area (Å²) >= 11 is 0. The maximum Gasteiger partial charge on any atom is 0.115 e. The average molecular weight is 110 g/mol. The molecule has 0 heterocycles. The van der Waals surface area contributed by atoms with E-state index >= 15 is 0 Å². The van der Waals surface area contributed by atoms with Gasteiger partial charge in [-0.05, 0) is 19.9 Å². The molecule has 0 atom stereocenters. The summed E-state index contributed by atoms with van der Waals surface area (Å²) in [4.78, 5) is 0. The van der Waals surface area contributed by atoms with Crippen molar-refractivity contribution in [2.24, 2.45) is 0 Å². The Morgan fingerprint density at radius 1 is 1.62 bits per heavy atom. The fourth-order valence-corrected chi connectivity index (χ4v) is 0.190. The van der Waals surface area contributed by atoms with Crippen molar-refractivity contribution in [1.29, 1.82) is 0 Å². The predicted octanol–water partition coefficient (Wildman–Crippen LogP) is 1.91. The van der Waals surface area contributed by atoms with Gasteiger partial charge in [0.2, 0.25) is 0 Å². The van der Waals surface area contributed by atoms with E-state index in [9.17, 15) is 0 Å². The minimum atomic E-state index is 0.847. The summed E-state index contributed by atoms with van der Waals surface area (Å²) in [6.45, 7) is 5.51. The number of allylic oxidation sites excluding steroid dienone is 2. The molecule has 1 nitrogen and oxygen atoms in total. The normalized spacial score (nSPS) is 9.62. The highest BCUT2D eigenvalue weighted by Crippen LogP contribution is 1.90. The molecular formula is C7H10O. The molecule has 0 aliphatic carbocycles. The fraction of sp³-hybridized carbons (Fsp3) is 0.429. The molecule has 44 valence electrons. The molecule has 0 aromatic heterocycles. The van der Waals surface area contributed by atoms with Crippen LogP contribution in [-0.2, 0) is 4.74 Å². The summed E-state index contributed by atoms with van der Waals surface area (Å²) in [6.07, 6.45) is 4.35. The van der Waals surface area contributed by atoms with Crippen molar-refractivity contribution in [1.82, 2.24) is 0 Å². The van der Waals surface area contributed by atoms with Gasteiger partial charge in [0.15, 0.2) is 0 Å². The molecule has 0 radical (unpaired) electrons. The van der Waals surface area contributed by atoms with Crippen LogP contribution in [0.25, 0.3) is 0 Å². The highest BCUT2D eigenvalue weighted by atomic mass is 16.5. The Labute approximate surface area is 50.4 Å². The molecule has 0 N–H and O–H groups in total. The summed E-state index contributed by atoms with van der Waals surface area (Å²) in [5.41, 5.74) is 0. The lowest BCUT2D eigenvalue weighted by Gasteiger charge is -1.90. The van der Waals surface area contributed by atoms with E-state index in [1.54, 1.807) is 6.92 Å². The first-order chi connectivity index (χ1) is 3.81. The summed E-state index contributed by atoms with van der Waals surface area (Å²) in [7, 11) is 0. The van der Waals surface area contributed by atoms with Crippen molar-refractivity contribution in [2.75, 3.05) is 0 Å². The number of ether oxygens (including phenoxy) is 1. The average Bonchev–Trinajstić information content (AvgIpc) is 1.83. The molecule has 0 aromatic carbocycles. The van der Waals surface area contributed by atoms with Gasteiger partial charge in [-0.2, -0.15) is 0 Å². The summed E-state index contributed by atoms with van der Waals surface area (Å²) in [5, 5.41) is 0. The van der Waals surface area contributed by atoms with Gasteiger partial charge in [0.05, 0.1) is 0 Å². The van der Waals surface area contributed by atoms with Gasteiger partial charge in [-0.25, -0.2) is 0 Å². The number of hydrogen-bond donors (Lipinski definition) is 0. The Bertz CT molecular complexity index is 134. The first-order valence-corrected chi connectivity index (χ1v) is 2.52. The maximum atomic E-state index is 4.84. The zero-order valence-corrected chi connectivity index (χ0v) is 5.49. The Kier molecular flexibility index (Phi) is 3.78. The van der Waals surface area contributed by atoms with E-state index in [0.717, 1.165) is 5.76 Å². The lowest BCUT2D eigenvalue weighted by Crippen LogP contribution is -1.74. The topological polar surface area (TPSA) is 9.23 Å². The van der Waals surface area contributed by atoms with Gasteiger partial charge in [-0.1, -0.05) is 5.92 Å². The molecular weight excluding hydrogens is 100 g/mol. The third-order valence-electron chi connectivity index (χ3n) is 0.721. The van der Waals surface area contributed by atoms with Crippen LogP contribution in [0.4, 0.5) is 0 Å². The fourth-order valence-electron chi connectivity index (χ4n) is 0.190. The largest absolute Gasteiger partial charge is 0.413 e. The van der Waals surface area contributed by atoms with E-state index in [4.69, 9.17) is 4.74 Å². The van der Waals surface area contributed by atoms with E-state index in [-0.39, 0.29) is 0 Å². The smallest absolute Gasteiger partial charge is 0.115 e. The van der Waals surface area contributed by atoms with Gasteiger partial charge in [-0.15, -0.1) is 0 Å². The highest BCUT2D eigenvalue weighted by Gasteiger charge is 1.77. The van der Waals surface area contributed by atoms with Crippen molar-refractivity contribution in [3.8, 4) is 12.0 Å². The van der Waals surface area contributed by atoms with Crippen LogP contribution < -0.4 is 0 Å². The van der Waals surface area contributed by atoms with E-state index in [2.05, 4.69) is 12.0 Å². The lowest BCUT2D eigenvalue weighted by molar-refractivity contribution is 0.386. The van der Waals surface area contributed by atoms with Gasteiger partial charge in [-0.3, -0.25) is 0 Å². The number of rotatable bonds is 1. The van der Waals surface area contributed by atoms with Gasteiger partial charge < -0.3 is 4.74 Å². The Morgan fingerprint density at radius 2 is 2.25 bits per heavy atom. The van der Waals surface area contributed by atoms with Gasteiger partial charge >= 0.3 is 0 Å². The lowest BCUT2D eigenvalue weighted by atomic mass is 10.5. The van der Waals surface area contributed by atoms with E-state index in [1.165, 1.54) is 0 Å². The second kappa shape index (κ2) is 4.26. The molecule has 0 bridgehead atoms. The zero-order valence-electron chi connectivity index (χ0n) is 5.49. The number of hydrogen-bond acceptors (Lipinski definition) is 1. The van der Waals surface area contributed by atoms with Crippen LogP contribution in [0.1, 0.15) is 20.8 Å². The molecule has 0 fully saturated rings. The van der Waals surface area contributed by atoms with Crippen molar-refractivity contribution >= 4 is 0 Å². The molecule has 0 aromatic rings. The molecule has 0 aliphatic heterocycles. The maximum absolute atomic E-state index is 4.84. The van der Waals surface area contributed by atoms with Gasteiger partial charge in [0.25, 0.3) is 0 Å². The molecule has 0 saturated carbocycles. The van der Waals surface area contributed by atoms with Crippen LogP contribution in [0.2, 0.25) is 0 Å². The van der Waals surface area contributed by atoms with Crippen molar-refractivity contribution in [3.63, 3.8) is 0 Å². The van der Waals surface area contributed by atoms with Crippen LogP contribution in [-0.4, -0.2) is 0 Å². The molecule has 0 spiro atoms. The first kappa shape index (κ1) is 7.10. The summed E-state index contributed by atoms with van der Waals surface area (Å²) in [6, 6.07) is 0. The van der Waals surface area contributed by atoms with E-state index in [0.29, 0.717) is 0 Å². The van der Waals surface area contributed by atoms with Crippen LogP contribution in [0.5, 0.6) is 0 Å². The quantitative estimate of drug-likeness (QED) is 0.370. The molecule has 1 heteroatoms. The van der Waals surface area contributed by atoms with Crippen LogP contribution in [0.15, 0.2) is 11.8 Å². The Hall–Kier alpha value is -0.900. The predicted molar refractivity (Wildman–Crippen MR) is 34.0 cm³/mol. The van der Waals surface area contributed by atoms with Crippen molar-refractivity contribution < 1.29 is 4.74 Å². The highest BCUT2D eigenvalue weighted by molar-refractivity contribution is 4.94. The standard InChI is InChI=1S/C7H10O/c1-4-6-8-7(3)5-2/h5H,1-3H3. The Morgan fingerprint density at radius 3 is 2.62 bits per heavy atom. The van der Waals surface area contributed by atoms with E-state index in [1.807, 2.05) is 19.9 Å². The third-order valence-corrected chi connectivity index (χ3v) is 0.721. The minimum Gasteiger partial charge on any atom is -0.413 e. The van der Waals surface area contributed by atoms with Crippen LogP contribution >= 0.6 is 0 Å². The molecule has 0 unspecified atom stereocenters. The van der Waals surface area contributed by atoms with Crippen molar-refractivity contribution in [3.05, 3.63) is 11.8 Å². The third kappa shape index (κ3) is 3.30. The van der Waals surface area contributed by atoms with E-state index < -0.39 is 0 Å². The second-order valence-corrected chi connectivity index (χ2v) is 1.35. The Balaban J connectivity index is 3.51. The van der Waals surface area contributed by atoms with Crippen LogP contribution in [0, 0.1) is 12.0 Å². The van der Waals surface area contributed by atoms with Crippen LogP contribution in [0.3, 0.4) is 0 Å². The summed E-state index contributed by atoms with van der Waals surface area (Å²) in [5.74, 6) is 3.47. The zero-order chi connectivity index (χ0) is 6.41. The molecule has 0 aliphatic rings. The second-order valence-electron chi connectivity index (χ2n) is 1.35. The van der Waals surface area contributed by atoms with Gasteiger partial charge in [0.1, 0.15) is 11.9 Å². The monoisotopic (exact) mass is 110 g/mol. The van der Waals surface area contributed by atoms with Gasteiger partial charge in [0, 0.05) is 6.92 Å².